The van der Waals surface area contributed by atoms with Gasteiger partial charge in [0.05, 0.1) is 0 Å². The van der Waals surface area contributed by atoms with Crippen molar-refractivity contribution in [1.82, 2.24) is 9.97 Å². The molecule has 0 aliphatic carbocycles. The van der Waals surface area contributed by atoms with Crippen LogP contribution in [0.25, 0.3) is 11.1 Å². The lowest BCUT2D eigenvalue weighted by Gasteiger charge is -2.07. The Bertz CT molecular complexity index is 907. The highest BCUT2D eigenvalue weighted by Crippen LogP contribution is 2.19. The third kappa shape index (κ3) is 3.54. The average molecular weight is 370 g/mol. The Balaban J connectivity index is 1.91. The maximum atomic E-state index is 12.3. The number of hydrogen-bond donors (Lipinski definition) is 2. The van der Waals surface area contributed by atoms with Gasteiger partial charge in [-0.15, -0.1) is 0 Å². The fraction of sp³-hybridized carbons (Fsp3) is 0. The second kappa shape index (κ2) is 6.58. The van der Waals surface area contributed by atoms with Gasteiger partial charge in [0.25, 0.3) is 11.5 Å². The number of aromatic nitrogens is 2. The number of rotatable bonds is 3. The van der Waals surface area contributed by atoms with E-state index in [-0.39, 0.29) is 17.2 Å². The van der Waals surface area contributed by atoms with Gasteiger partial charge in [-0.05, 0) is 42.0 Å². The first-order chi connectivity index (χ1) is 11.1. The fourth-order valence-electron chi connectivity index (χ4n) is 2.11. The second-order valence-electron chi connectivity index (χ2n) is 4.83. The minimum atomic E-state index is -0.355. The van der Waals surface area contributed by atoms with Crippen LogP contribution in [-0.2, 0) is 0 Å². The minimum absolute atomic E-state index is 0.198. The molecule has 5 nitrogen and oxygen atoms in total. The first-order valence-corrected chi connectivity index (χ1v) is 7.63. The van der Waals surface area contributed by atoms with Gasteiger partial charge < -0.3 is 10.3 Å². The SMILES string of the molecule is O=C(Nc1cc(-c2ccncc2)c[nH]c1=O)c1cccc(Br)c1. The molecule has 3 aromatic rings. The standard InChI is InChI=1S/C17H12BrN3O2/c18-14-3-1-2-12(8-14)16(22)21-15-9-13(10-20-17(15)23)11-4-6-19-7-5-11/h1-10H,(H,20,23)(H,21,22). The molecule has 114 valence electrons. The van der Waals surface area contributed by atoms with E-state index in [2.05, 4.69) is 31.2 Å². The number of H-pyrrole nitrogens is 1. The normalized spacial score (nSPS) is 10.3. The average Bonchev–Trinajstić information content (AvgIpc) is 2.57. The molecule has 2 aromatic heterocycles. The van der Waals surface area contributed by atoms with Gasteiger partial charge >= 0.3 is 0 Å². The number of nitrogens with one attached hydrogen (secondary N) is 2. The van der Waals surface area contributed by atoms with Crippen LogP contribution in [0.1, 0.15) is 10.4 Å². The lowest BCUT2D eigenvalue weighted by atomic mass is 10.1. The van der Waals surface area contributed by atoms with Crippen LogP contribution < -0.4 is 10.9 Å². The second-order valence-corrected chi connectivity index (χ2v) is 5.75. The highest BCUT2D eigenvalue weighted by atomic mass is 79.9. The summed E-state index contributed by atoms with van der Waals surface area (Å²) in [6.45, 7) is 0. The summed E-state index contributed by atoms with van der Waals surface area (Å²) in [5.41, 5.74) is 1.99. The van der Waals surface area contributed by atoms with Crippen LogP contribution in [-0.4, -0.2) is 15.9 Å². The van der Waals surface area contributed by atoms with Crippen LogP contribution in [0.2, 0.25) is 0 Å². The van der Waals surface area contributed by atoms with Crippen molar-refractivity contribution < 1.29 is 4.79 Å². The van der Waals surface area contributed by atoms with E-state index in [0.717, 1.165) is 15.6 Å². The largest absolute Gasteiger partial charge is 0.327 e. The number of benzene rings is 1. The van der Waals surface area contributed by atoms with Gasteiger partial charge in [-0.2, -0.15) is 0 Å². The summed E-state index contributed by atoms with van der Waals surface area (Å²) in [4.78, 5) is 30.8. The van der Waals surface area contributed by atoms with Crippen molar-refractivity contribution in [3.8, 4) is 11.1 Å². The van der Waals surface area contributed by atoms with Crippen molar-refractivity contribution in [2.24, 2.45) is 0 Å². The van der Waals surface area contributed by atoms with Crippen molar-refractivity contribution in [3.63, 3.8) is 0 Å². The van der Waals surface area contributed by atoms with E-state index in [4.69, 9.17) is 0 Å². The maximum Gasteiger partial charge on any atom is 0.271 e. The third-order valence-electron chi connectivity index (χ3n) is 3.25. The molecule has 2 heterocycles. The summed E-state index contributed by atoms with van der Waals surface area (Å²) in [5.74, 6) is -0.344. The van der Waals surface area contributed by atoms with Crippen molar-refractivity contribution in [1.29, 1.82) is 0 Å². The molecular formula is C17H12BrN3O2. The van der Waals surface area contributed by atoms with Gasteiger partial charge in [-0.1, -0.05) is 22.0 Å². The molecule has 3 rings (SSSR count). The molecule has 23 heavy (non-hydrogen) atoms. The zero-order chi connectivity index (χ0) is 16.2. The number of hydrogen-bond acceptors (Lipinski definition) is 3. The number of amides is 1. The molecule has 0 spiro atoms. The summed E-state index contributed by atoms with van der Waals surface area (Å²) < 4.78 is 0.796. The molecule has 6 heteroatoms. The van der Waals surface area contributed by atoms with E-state index < -0.39 is 0 Å². The Morgan fingerprint density at radius 1 is 1.09 bits per heavy atom. The predicted octanol–water partition coefficient (Wildman–Crippen LogP) is 3.45. The van der Waals surface area contributed by atoms with Crippen LogP contribution in [0.3, 0.4) is 0 Å². The van der Waals surface area contributed by atoms with Crippen LogP contribution >= 0.6 is 15.9 Å². The van der Waals surface area contributed by atoms with Gasteiger partial charge in [0.2, 0.25) is 0 Å². The van der Waals surface area contributed by atoms with Crippen molar-refractivity contribution in [3.05, 3.63) is 81.4 Å². The Morgan fingerprint density at radius 3 is 2.61 bits per heavy atom. The summed E-state index contributed by atoms with van der Waals surface area (Å²) >= 11 is 3.32. The maximum absolute atomic E-state index is 12.3. The Kier molecular flexibility index (Phi) is 4.34. The molecule has 0 aliphatic rings. The Hall–Kier alpha value is -2.73. The van der Waals surface area contributed by atoms with Gasteiger partial charge in [0.1, 0.15) is 5.69 Å². The van der Waals surface area contributed by atoms with Crippen LogP contribution in [0.5, 0.6) is 0 Å². The molecule has 0 bridgehead atoms. The quantitative estimate of drug-likeness (QED) is 0.742. The molecule has 0 fully saturated rings. The lowest BCUT2D eigenvalue weighted by Crippen LogP contribution is -2.19. The van der Waals surface area contributed by atoms with Gasteiger partial charge in [-0.25, -0.2) is 0 Å². The van der Waals surface area contributed by atoms with Crippen molar-refractivity contribution >= 4 is 27.5 Å². The van der Waals surface area contributed by atoms with E-state index >= 15 is 0 Å². The number of aromatic amines is 1. The molecule has 1 amide bonds. The number of carbonyl (C=O) groups excluding carboxylic acids is 1. The smallest absolute Gasteiger partial charge is 0.271 e. The van der Waals surface area contributed by atoms with E-state index in [1.165, 1.54) is 0 Å². The number of halogens is 1. The topological polar surface area (TPSA) is 74.8 Å². The molecule has 0 radical (unpaired) electrons. The zero-order valence-corrected chi connectivity index (χ0v) is 13.5. The highest BCUT2D eigenvalue weighted by molar-refractivity contribution is 9.10. The van der Waals surface area contributed by atoms with Gasteiger partial charge in [-0.3, -0.25) is 14.6 Å². The van der Waals surface area contributed by atoms with E-state index in [0.29, 0.717) is 5.56 Å². The number of anilines is 1. The lowest BCUT2D eigenvalue weighted by molar-refractivity contribution is 0.102. The molecule has 2 N–H and O–H groups in total. The van der Waals surface area contributed by atoms with Gasteiger partial charge in [0, 0.05) is 34.2 Å². The summed E-state index contributed by atoms with van der Waals surface area (Å²) in [7, 11) is 0. The van der Waals surface area contributed by atoms with E-state index in [9.17, 15) is 9.59 Å². The van der Waals surface area contributed by atoms with Crippen molar-refractivity contribution in [2.45, 2.75) is 0 Å². The Labute approximate surface area is 140 Å². The first-order valence-electron chi connectivity index (χ1n) is 6.83. The summed E-state index contributed by atoms with van der Waals surface area (Å²) in [6.07, 6.45) is 4.94. The van der Waals surface area contributed by atoms with E-state index in [1.807, 2.05) is 18.2 Å². The molecule has 0 saturated heterocycles. The molecule has 0 unspecified atom stereocenters. The molecule has 0 aliphatic heterocycles. The third-order valence-corrected chi connectivity index (χ3v) is 3.75. The monoisotopic (exact) mass is 369 g/mol. The molecular weight excluding hydrogens is 358 g/mol. The van der Waals surface area contributed by atoms with Crippen LogP contribution in [0.15, 0.2) is 70.3 Å². The van der Waals surface area contributed by atoms with Crippen LogP contribution in [0.4, 0.5) is 5.69 Å². The first kappa shape index (κ1) is 15.2. The van der Waals surface area contributed by atoms with Crippen molar-refractivity contribution in [2.75, 3.05) is 5.32 Å². The zero-order valence-electron chi connectivity index (χ0n) is 11.9. The summed E-state index contributed by atoms with van der Waals surface area (Å²) in [6, 6.07) is 12.3. The number of pyridine rings is 2. The molecule has 0 atom stereocenters. The fourth-order valence-corrected chi connectivity index (χ4v) is 2.51. The van der Waals surface area contributed by atoms with Gasteiger partial charge in [0.15, 0.2) is 0 Å². The Morgan fingerprint density at radius 2 is 1.87 bits per heavy atom. The predicted molar refractivity (Wildman–Crippen MR) is 92.4 cm³/mol. The molecule has 0 saturated carbocycles. The molecule has 1 aromatic carbocycles. The summed E-state index contributed by atoms with van der Waals surface area (Å²) in [5, 5.41) is 2.64. The van der Waals surface area contributed by atoms with E-state index in [1.54, 1.807) is 42.9 Å². The van der Waals surface area contributed by atoms with Crippen LogP contribution in [0, 0.1) is 0 Å². The highest BCUT2D eigenvalue weighted by Gasteiger charge is 2.10. The number of nitrogens with zero attached hydrogens (tertiary/aromatic N) is 1. The number of carbonyl (C=O) groups is 1. The minimum Gasteiger partial charge on any atom is -0.327 e.